The summed E-state index contributed by atoms with van der Waals surface area (Å²) in [5.74, 6) is -0.206. The molecule has 1 aliphatic carbocycles. The lowest BCUT2D eigenvalue weighted by Crippen LogP contribution is -2.41. The molecule has 25 heavy (non-hydrogen) atoms. The second-order valence-corrected chi connectivity index (χ2v) is 7.57. The fraction of sp³-hybridized carbons (Fsp3) is 0.500. The third-order valence-corrected chi connectivity index (χ3v) is 5.40. The highest BCUT2D eigenvalue weighted by molar-refractivity contribution is 7.13. The highest BCUT2D eigenvalue weighted by Gasteiger charge is 2.23. The van der Waals surface area contributed by atoms with Gasteiger partial charge in [0.2, 0.25) is 5.01 Å². The van der Waals surface area contributed by atoms with E-state index in [4.69, 9.17) is 0 Å². The molecule has 1 aromatic carbocycles. The van der Waals surface area contributed by atoms with Crippen molar-refractivity contribution in [1.29, 1.82) is 0 Å². The molecule has 1 saturated carbocycles. The molecule has 0 unspecified atom stereocenters. The smallest absolute Gasteiger partial charge is 0.282 e. The van der Waals surface area contributed by atoms with Gasteiger partial charge in [0, 0.05) is 12.6 Å². The number of carbonyl (C=O) groups excluding carboxylic acids is 1. The number of aliphatic hydroxyl groups is 1. The van der Waals surface area contributed by atoms with Crippen molar-refractivity contribution in [2.24, 2.45) is 0 Å². The first-order chi connectivity index (χ1) is 12.1. The van der Waals surface area contributed by atoms with Crippen LogP contribution in [0.4, 0.5) is 0 Å². The fourth-order valence-electron chi connectivity index (χ4n) is 2.95. The molecule has 1 heterocycles. The average Bonchev–Trinajstić information content (AvgIpc) is 3.09. The standard InChI is InChI=1S/C18H24N4O2S/c1-12-6-8-13(9-7-12)10-20-17(24)18-22-21-16(25-18)11-19-14-4-2-3-5-15(14)23/h6-9,14-15,19,23H,2-5,10-11H2,1H3,(H,20,24)/t14-,15-/m0/s1. The zero-order valence-corrected chi connectivity index (χ0v) is 15.2. The Balaban J connectivity index is 1.48. The first-order valence-electron chi connectivity index (χ1n) is 8.69. The normalized spacial score (nSPS) is 20.4. The largest absolute Gasteiger partial charge is 0.392 e. The summed E-state index contributed by atoms with van der Waals surface area (Å²) in [7, 11) is 0. The minimum Gasteiger partial charge on any atom is -0.392 e. The SMILES string of the molecule is Cc1ccc(CNC(=O)c2nnc(CN[C@H]3CCCC[C@@H]3O)s2)cc1. The predicted octanol–water partition coefficient (Wildman–Crippen LogP) is 2.17. The van der Waals surface area contributed by atoms with Gasteiger partial charge in [-0.25, -0.2) is 0 Å². The molecule has 1 aliphatic rings. The first-order valence-corrected chi connectivity index (χ1v) is 9.51. The average molecular weight is 360 g/mol. The van der Waals surface area contributed by atoms with Gasteiger partial charge in [0.1, 0.15) is 5.01 Å². The van der Waals surface area contributed by atoms with Gasteiger partial charge in [-0.05, 0) is 25.3 Å². The molecule has 2 atom stereocenters. The van der Waals surface area contributed by atoms with E-state index in [1.54, 1.807) is 0 Å². The van der Waals surface area contributed by atoms with Crippen LogP contribution in [0.3, 0.4) is 0 Å². The van der Waals surface area contributed by atoms with Gasteiger partial charge in [0.15, 0.2) is 0 Å². The third kappa shape index (κ3) is 5.07. The predicted molar refractivity (Wildman–Crippen MR) is 97.4 cm³/mol. The maximum absolute atomic E-state index is 12.2. The molecule has 6 nitrogen and oxygen atoms in total. The monoisotopic (exact) mass is 360 g/mol. The third-order valence-electron chi connectivity index (χ3n) is 4.48. The number of carbonyl (C=O) groups is 1. The van der Waals surface area contributed by atoms with Crippen LogP contribution in [0.2, 0.25) is 0 Å². The molecule has 1 amide bonds. The van der Waals surface area contributed by atoms with Crippen molar-refractivity contribution in [3.63, 3.8) is 0 Å². The summed E-state index contributed by atoms with van der Waals surface area (Å²) in [5.41, 5.74) is 2.25. The molecule has 0 radical (unpaired) electrons. The molecule has 0 saturated heterocycles. The van der Waals surface area contributed by atoms with Gasteiger partial charge in [0.25, 0.3) is 5.91 Å². The van der Waals surface area contributed by atoms with Crippen LogP contribution in [-0.4, -0.2) is 33.4 Å². The van der Waals surface area contributed by atoms with Crippen LogP contribution in [0, 0.1) is 6.92 Å². The summed E-state index contributed by atoms with van der Waals surface area (Å²) < 4.78 is 0. The van der Waals surface area contributed by atoms with Gasteiger partial charge >= 0.3 is 0 Å². The Morgan fingerprint density at radius 3 is 2.72 bits per heavy atom. The molecular weight excluding hydrogens is 336 g/mol. The van der Waals surface area contributed by atoms with Crippen LogP contribution < -0.4 is 10.6 Å². The van der Waals surface area contributed by atoms with E-state index in [0.717, 1.165) is 36.3 Å². The van der Waals surface area contributed by atoms with Crippen LogP contribution in [-0.2, 0) is 13.1 Å². The zero-order valence-electron chi connectivity index (χ0n) is 14.4. The van der Waals surface area contributed by atoms with Gasteiger partial charge in [-0.1, -0.05) is 54.0 Å². The summed E-state index contributed by atoms with van der Waals surface area (Å²) >= 11 is 1.29. The van der Waals surface area contributed by atoms with E-state index in [9.17, 15) is 9.90 Å². The number of hydrogen-bond acceptors (Lipinski definition) is 6. The van der Waals surface area contributed by atoms with Crippen LogP contribution in [0.15, 0.2) is 24.3 Å². The lowest BCUT2D eigenvalue weighted by atomic mass is 9.93. The molecule has 2 aromatic rings. The number of amides is 1. The molecule has 134 valence electrons. The summed E-state index contributed by atoms with van der Waals surface area (Å²) in [6, 6.07) is 8.16. The Morgan fingerprint density at radius 2 is 1.96 bits per heavy atom. The Labute approximate surface area is 151 Å². The maximum atomic E-state index is 12.2. The van der Waals surface area contributed by atoms with E-state index in [0.29, 0.717) is 18.1 Å². The molecule has 0 bridgehead atoms. The number of benzene rings is 1. The Hall–Kier alpha value is -1.83. The van der Waals surface area contributed by atoms with Crippen LogP contribution in [0.25, 0.3) is 0 Å². The van der Waals surface area contributed by atoms with Crippen LogP contribution >= 0.6 is 11.3 Å². The van der Waals surface area contributed by atoms with E-state index in [1.165, 1.54) is 16.9 Å². The Kier molecular flexibility index (Phi) is 6.12. The molecule has 0 spiro atoms. The quantitative estimate of drug-likeness (QED) is 0.735. The minimum absolute atomic E-state index is 0.108. The van der Waals surface area contributed by atoms with Crippen LogP contribution in [0.1, 0.15) is 51.6 Å². The first kappa shape index (κ1) is 18.0. The van der Waals surface area contributed by atoms with Gasteiger partial charge in [-0.2, -0.15) is 0 Å². The summed E-state index contributed by atoms with van der Waals surface area (Å²) in [6.45, 7) is 3.04. The van der Waals surface area contributed by atoms with Gasteiger partial charge in [-0.3, -0.25) is 4.79 Å². The van der Waals surface area contributed by atoms with E-state index in [2.05, 4.69) is 20.8 Å². The van der Waals surface area contributed by atoms with Crippen molar-refractivity contribution in [3.05, 3.63) is 45.4 Å². The van der Waals surface area contributed by atoms with Gasteiger partial charge in [0.05, 0.1) is 12.6 Å². The van der Waals surface area contributed by atoms with E-state index in [-0.39, 0.29) is 18.1 Å². The summed E-state index contributed by atoms with van der Waals surface area (Å²) in [4.78, 5) is 12.2. The Morgan fingerprint density at radius 1 is 1.20 bits per heavy atom. The number of aliphatic hydroxyl groups excluding tert-OH is 1. The van der Waals surface area contributed by atoms with Crippen molar-refractivity contribution in [3.8, 4) is 0 Å². The molecule has 7 heteroatoms. The van der Waals surface area contributed by atoms with E-state index in [1.807, 2.05) is 31.2 Å². The summed E-state index contributed by atoms with van der Waals surface area (Å²) in [6.07, 6.45) is 3.75. The second kappa shape index (κ2) is 8.51. The molecule has 1 aromatic heterocycles. The van der Waals surface area contributed by atoms with Crippen LogP contribution in [0.5, 0.6) is 0 Å². The molecule has 3 rings (SSSR count). The van der Waals surface area contributed by atoms with Crippen molar-refractivity contribution in [2.45, 2.75) is 57.8 Å². The number of nitrogens with zero attached hydrogens (tertiary/aromatic N) is 2. The fourth-order valence-corrected chi connectivity index (χ4v) is 3.66. The van der Waals surface area contributed by atoms with E-state index < -0.39 is 0 Å². The topological polar surface area (TPSA) is 87.1 Å². The van der Waals surface area contributed by atoms with Crippen molar-refractivity contribution in [1.82, 2.24) is 20.8 Å². The number of hydrogen-bond donors (Lipinski definition) is 3. The molecule has 0 aliphatic heterocycles. The highest BCUT2D eigenvalue weighted by atomic mass is 32.1. The van der Waals surface area contributed by atoms with Gasteiger partial charge < -0.3 is 15.7 Å². The molecule has 3 N–H and O–H groups in total. The lowest BCUT2D eigenvalue weighted by Gasteiger charge is -2.28. The minimum atomic E-state index is -0.293. The summed E-state index contributed by atoms with van der Waals surface area (Å²) in [5, 5.41) is 25.4. The zero-order chi connectivity index (χ0) is 17.6. The maximum Gasteiger partial charge on any atom is 0.282 e. The van der Waals surface area contributed by atoms with Crippen molar-refractivity contribution >= 4 is 17.2 Å². The lowest BCUT2D eigenvalue weighted by molar-refractivity contribution is 0.0902. The number of rotatable bonds is 6. The molecular formula is C18H24N4O2S. The molecule has 1 fully saturated rings. The number of nitrogens with one attached hydrogen (secondary N) is 2. The van der Waals surface area contributed by atoms with Crippen molar-refractivity contribution in [2.75, 3.05) is 0 Å². The highest BCUT2D eigenvalue weighted by Crippen LogP contribution is 2.19. The van der Waals surface area contributed by atoms with Crippen molar-refractivity contribution < 1.29 is 9.90 Å². The Bertz CT molecular complexity index is 701. The van der Waals surface area contributed by atoms with Gasteiger partial charge in [-0.15, -0.1) is 10.2 Å². The van der Waals surface area contributed by atoms with E-state index >= 15 is 0 Å². The number of aryl methyl sites for hydroxylation is 1. The second-order valence-electron chi connectivity index (χ2n) is 6.51. The number of aromatic nitrogens is 2.